The van der Waals surface area contributed by atoms with Crippen molar-refractivity contribution in [2.75, 3.05) is 0 Å². The number of para-hydroxylation sites is 1. The number of carbonyl (C=O) groups is 1. The highest BCUT2D eigenvalue weighted by Gasteiger charge is 2.15. The lowest BCUT2D eigenvalue weighted by molar-refractivity contribution is 0.0734. The third-order valence-corrected chi connectivity index (χ3v) is 4.76. The molecule has 0 atom stereocenters. The third kappa shape index (κ3) is 3.75. The molecular formula is C24H18O5. The van der Waals surface area contributed by atoms with Crippen molar-refractivity contribution in [1.29, 1.82) is 0 Å². The van der Waals surface area contributed by atoms with E-state index in [1.165, 1.54) is 0 Å². The van der Waals surface area contributed by atoms with Gasteiger partial charge >= 0.3 is 11.6 Å². The molecular weight excluding hydrogens is 368 g/mol. The highest BCUT2D eigenvalue weighted by Crippen LogP contribution is 2.28. The molecule has 4 aromatic rings. The standard InChI is InChI=1S/C24H18O5/c1-15-6-2-3-7-18(15)23(26)28-17-12-10-16(11-13-17)14-20-22(25)19-8-4-5-9-21(19)29-24(20)27/h2-13,25H,14H2,1H3. The van der Waals surface area contributed by atoms with Crippen molar-refractivity contribution in [2.45, 2.75) is 13.3 Å². The number of benzene rings is 3. The molecule has 1 heterocycles. The van der Waals surface area contributed by atoms with Gasteiger partial charge in [0.15, 0.2) is 0 Å². The maximum atomic E-state index is 12.3. The SMILES string of the molecule is Cc1ccccc1C(=O)Oc1ccc(Cc2c(O)c3ccccc3oc2=O)cc1. The number of hydrogen-bond acceptors (Lipinski definition) is 5. The summed E-state index contributed by atoms with van der Waals surface area (Å²) in [5.74, 6) is -0.104. The maximum absolute atomic E-state index is 12.3. The Kier molecular flexibility index (Phi) is 4.87. The largest absolute Gasteiger partial charge is 0.507 e. The lowest BCUT2D eigenvalue weighted by Crippen LogP contribution is -2.10. The molecule has 0 radical (unpaired) electrons. The molecule has 5 nitrogen and oxygen atoms in total. The number of rotatable bonds is 4. The fourth-order valence-electron chi connectivity index (χ4n) is 3.17. The second kappa shape index (κ2) is 7.64. The van der Waals surface area contributed by atoms with Crippen LogP contribution < -0.4 is 10.4 Å². The molecule has 0 amide bonds. The van der Waals surface area contributed by atoms with E-state index in [0.717, 1.165) is 11.1 Å². The van der Waals surface area contributed by atoms with Crippen LogP contribution in [-0.2, 0) is 6.42 Å². The van der Waals surface area contributed by atoms with Gasteiger partial charge in [0.25, 0.3) is 0 Å². The van der Waals surface area contributed by atoms with E-state index in [2.05, 4.69) is 0 Å². The van der Waals surface area contributed by atoms with E-state index in [1.807, 2.05) is 19.1 Å². The van der Waals surface area contributed by atoms with Crippen molar-refractivity contribution in [3.8, 4) is 11.5 Å². The number of carbonyl (C=O) groups excluding carboxylic acids is 1. The molecule has 4 rings (SSSR count). The first-order chi connectivity index (χ1) is 14.0. The van der Waals surface area contributed by atoms with Crippen molar-refractivity contribution in [2.24, 2.45) is 0 Å². The van der Waals surface area contributed by atoms with Crippen molar-refractivity contribution < 1.29 is 19.1 Å². The predicted molar refractivity (Wildman–Crippen MR) is 110 cm³/mol. The fourth-order valence-corrected chi connectivity index (χ4v) is 3.17. The summed E-state index contributed by atoms with van der Waals surface area (Å²) in [4.78, 5) is 24.6. The van der Waals surface area contributed by atoms with Crippen LogP contribution in [0, 0.1) is 6.92 Å². The Bertz CT molecular complexity index is 1250. The van der Waals surface area contributed by atoms with Crippen LogP contribution in [0.2, 0.25) is 0 Å². The van der Waals surface area contributed by atoms with E-state index >= 15 is 0 Å². The number of aromatic hydroxyl groups is 1. The van der Waals surface area contributed by atoms with Gasteiger partial charge in [0.1, 0.15) is 17.1 Å². The molecule has 144 valence electrons. The van der Waals surface area contributed by atoms with E-state index in [9.17, 15) is 14.7 Å². The molecule has 0 fully saturated rings. The van der Waals surface area contributed by atoms with Gasteiger partial charge in [0.05, 0.1) is 16.5 Å². The summed E-state index contributed by atoms with van der Waals surface area (Å²) < 4.78 is 10.7. The van der Waals surface area contributed by atoms with E-state index in [4.69, 9.17) is 9.15 Å². The summed E-state index contributed by atoms with van der Waals surface area (Å²) in [5, 5.41) is 11.0. The maximum Gasteiger partial charge on any atom is 0.343 e. The number of esters is 1. The topological polar surface area (TPSA) is 76.7 Å². The Morgan fingerprint density at radius 1 is 0.966 bits per heavy atom. The minimum atomic E-state index is -0.573. The second-order valence-electron chi connectivity index (χ2n) is 6.74. The van der Waals surface area contributed by atoms with Crippen molar-refractivity contribution in [3.05, 3.63) is 105 Å². The van der Waals surface area contributed by atoms with Gasteiger partial charge in [-0.05, 0) is 48.4 Å². The Balaban J connectivity index is 1.55. The molecule has 0 saturated heterocycles. The van der Waals surface area contributed by atoms with Gasteiger partial charge in [-0.25, -0.2) is 9.59 Å². The molecule has 1 aromatic heterocycles. The average Bonchev–Trinajstić information content (AvgIpc) is 2.72. The average molecular weight is 386 g/mol. The second-order valence-corrected chi connectivity index (χ2v) is 6.74. The third-order valence-electron chi connectivity index (χ3n) is 4.76. The summed E-state index contributed by atoms with van der Waals surface area (Å²) in [6, 6.07) is 20.9. The molecule has 29 heavy (non-hydrogen) atoms. The first-order valence-corrected chi connectivity index (χ1v) is 9.13. The molecule has 0 aliphatic heterocycles. The molecule has 1 N–H and O–H groups in total. The lowest BCUT2D eigenvalue weighted by atomic mass is 10.0. The normalized spacial score (nSPS) is 10.8. The van der Waals surface area contributed by atoms with E-state index in [1.54, 1.807) is 60.7 Å². The van der Waals surface area contributed by atoms with Gasteiger partial charge < -0.3 is 14.3 Å². The number of hydrogen-bond donors (Lipinski definition) is 1. The van der Waals surface area contributed by atoms with Crippen LogP contribution in [0.3, 0.4) is 0 Å². The Labute approximate surface area is 166 Å². The Hall–Kier alpha value is -3.86. The van der Waals surface area contributed by atoms with Gasteiger partial charge in [0, 0.05) is 6.42 Å². The minimum Gasteiger partial charge on any atom is -0.507 e. The van der Waals surface area contributed by atoms with Crippen LogP contribution in [0.1, 0.15) is 27.0 Å². The summed E-state index contributed by atoms with van der Waals surface area (Å²) in [6.45, 7) is 1.85. The number of ether oxygens (including phenoxy) is 1. The number of fused-ring (bicyclic) bond motifs is 1. The van der Waals surface area contributed by atoms with E-state index < -0.39 is 11.6 Å². The minimum absolute atomic E-state index is 0.0769. The summed E-state index contributed by atoms with van der Waals surface area (Å²) >= 11 is 0. The Morgan fingerprint density at radius 3 is 2.41 bits per heavy atom. The van der Waals surface area contributed by atoms with Crippen LogP contribution in [0.15, 0.2) is 82.0 Å². The monoisotopic (exact) mass is 386 g/mol. The molecule has 0 bridgehead atoms. The quantitative estimate of drug-likeness (QED) is 0.315. The lowest BCUT2D eigenvalue weighted by Gasteiger charge is -2.08. The zero-order chi connectivity index (χ0) is 20.4. The van der Waals surface area contributed by atoms with Crippen LogP contribution >= 0.6 is 0 Å². The fraction of sp³-hybridized carbons (Fsp3) is 0.0833. The molecule has 0 aliphatic rings. The molecule has 0 aliphatic carbocycles. The molecule has 3 aromatic carbocycles. The molecule has 5 heteroatoms. The smallest absolute Gasteiger partial charge is 0.343 e. The van der Waals surface area contributed by atoms with Crippen molar-refractivity contribution in [3.63, 3.8) is 0 Å². The predicted octanol–water partition coefficient (Wildman–Crippen LogP) is 4.62. The van der Waals surface area contributed by atoms with Crippen LogP contribution in [0.4, 0.5) is 0 Å². The number of aryl methyl sites for hydroxylation is 1. The van der Waals surface area contributed by atoms with Crippen LogP contribution in [0.5, 0.6) is 11.5 Å². The zero-order valence-corrected chi connectivity index (χ0v) is 15.7. The van der Waals surface area contributed by atoms with Gasteiger partial charge in [0.2, 0.25) is 0 Å². The van der Waals surface area contributed by atoms with Crippen LogP contribution in [-0.4, -0.2) is 11.1 Å². The molecule has 0 unspecified atom stereocenters. The van der Waals surface area contributed by atoms with E-state index in [-0.39, 0.29) is 17.7 Å². The van der Waals surface area contributed by atoms with E-state index in [0.29, 0.717) is 22.3 Å². The zero-order valence-electron chi connectivity index (χ0n) is 15.7. The summed E-state index contributed by atoms with van der Waals surface area (Å²) in [6.07, 6.45) is 0.199. The highest BCUT2D eigenvalue weighted by atomic mass is 16.5. The highest BCUT2D eigenvalue weighted by molar-refractivity contribution is 5.92. The summed E-state index contributed by atoms with van der Waals surface area (Å²) in [7, 11) is 0. The van der Waals surface area contributed by atoms with Gasteiger partial charge in [-0.15, -0.1) is 0 Å². The van der Waals surface area contributed by atoms with Gasteiger partial charge in [-0.2, -0.15) is 0 Å². The Morgan fingerprint density at radius 2 is 1.66 bits per heavy atom. The van der Waals surface area contributed by atoms with Crippen LogP contribution in [0.25, 0.3) is 11.0 Å². The first-order valence-electron chi connectivity index (χ1n) is 9.13. The van der Waals surface area contributed by atoms with Crippen molar-refractivity contribution in [1.82, 2.24) is 0 Å². The van der Waals surface area contributed by atoms with Crippen molar-refractivity contribution >= 4 is 16.9 Å². The first kappa shape index (κ1) is 18.5. The molecule has 0 saturated carbocycles. The summed E-state index contributed by atoms with van der Waals surface area (Å²) in [5.41, 5.74) is 2.09. The molecule has 0 spiro atoms. The van der Waals surface area contributed by atoms with Gasteiger partial charge in [-0.3, -0.25) is 0 Å². The van der Waals surface area contributed by atoms with Gasteiger partial charge in [-0.1, -0.05) is 42.5 Å².